The molecule has 0 bridgehead atoms. The topological polar surface area (TPSA) is 71.1 Å². The number of carbonyl (C=O) groups excluding carboxylic acids is 1. The van der Waals surface area contributed by atoms with Gasteiger partial charge in [-0.1, -0.05) is 23.9 Å². The van der Waals surface area contributed by atoms with Crippen LogP contribution in [0.3, 0.4) is 0 Å². The molecule has 1 fully saturated rings. The minimum absolute atomic E-state index is 0.134. The van der Waals surface area contributed by atoms with Gasteiger partial charge in [0.2, 0.25) is 5.16 Å². The van der Waals surface area contributed by atoms with Gasteiger partial charge in [0, 0.05) is 30.0 Å². The highest BCUT2D eigenvalue weighted by atomic mass is 32.2. The predicted molar refractivity (Wildman–Crippen MR) is 110 cm³/mol. The number of aromatic nitrogens is 3. The summed E-state index contributed by atoms with van der Waals surface area (Å²) in [6, 6.07) is 15.5. The number of hydrogen-bond acceptors (Lipinski definition) is 5. The van der Waals surface area contributed by atoms with E-state index in [0.29, 0.717) is 5.16 Å². The Hall–Kier alpha value is -2.80. The van der Waals surface area contributed by atoms with Crippen molar-refractivity contribution in [2.75, 3.05) is 20.2 Å². The number of benzene rings is 2. The largest absolute Gasteiger partial charge is 0.497 e. The number of thioether (sulfide) groups is 1. The van der Waals surface area contributed by atoms with E-state index in [0.717, 1.165) is 59.9 Å². The molecule has 0 spiro atoms. The highest BCUT2D eigenvalue weighted by molar-refractivity contribution is 7.98. The lowest BCUT2D eigenvalue weighted by Crippen LogP contribution is -2.27. The van der Waals surface area contributed by atoms with Gasteiger partial charge in [0.05, 0.1) is 7.11 Å². The second kappa shape index (κ2) is 8.48. The van der Waals surface area contributed by atoms with Crippen molar-refractivity contribution < 1.29 is 9.53 Å². The molecule has 0 unspecified atom stereocenters. The maximum Gasteiger partial charge on any atom is 0.253 e. The number of amides is 1. The van der Waals surface area contributed by atoms with E-state index in [1.54, 1.807) is 18.9 Å². The van der Waals surface area contributed by atoms with Crippen molar-refractivity contribution in [2.45, 2.75) is 23.8 Å². The summed E-state index contributed by atoms with van der Waals surface area (Å²) in [6.45, 7) is 1.75. The molecule has 6 nitrogen and oxygen atoms in total. The molecular formula is C21H22N4O2S. The van der Waals surface area contributed by atoms with Crippen LogP contribution < -0.4 is 4.74 Å². The number of nitrogens with zero attached hydrogens (tertiary/aromatic N) is 3. The van der Waals surface area contributed by atoms with Crippen LogP contribution >= 0.6 is 11.8 Å². The quantitative estimate of drug-likeness (QED) is 0.640. The molecule has 0 atom stereocenters. The molecule has 1 saturated heterocycles. The molecule has 3 aromatic rings. The summed E-state index contributed by atoms with van der Waals surface area (Å²) in [7, 11) is 1.65. The molecule has 1 amide bonds. The summed E-state index contributed by atoms with van der Waals surface area (Å²) in [5.74, 6) is 2.42. The van der Waals surface area contributed by atoms with E-state index >= 15 is 0 Å². The number of hydrogen-bond donors (Lipinski definition) is 1. The number of aromatic amines is 1. The number of methoxy groups -OCH3 is 1. The Balaban J connectivity index is 1.35. The van der Waals surface area contributed by atoms with E-state index < -0.39 is 0 Å². The van der Waals surface area contributed by atoms with Gasteiger partial charge < -0.3 is 9.64 Å². The molecule has 1 aliphatic rings. The molecule has 0 saturated carbocycles. The van der Waals surface area contributed by atoms with Crippen LogP contribution in [0, 0.1) is 0 Å². The summed E-state index contributed by atoms with van der Waals surface area (Å²) < 4.78 is 5.18. The Kier molecular flexibility index (Phi) is 5.62. The van der Waals surface area contributed by atoms with Gasteiger partial charge >= 0.3 is 0 Å². The highest BCUT2D eigenvalue weighted by Crippen LogP contribution is 2.24. The maximum absolute atomic E-state index is 12.4. The van der Waals surface area contributed by atoms with Crippen molar-refractivity contribution >= 4 is 17.7 Å². The minimum atomic E-state index is 0.134. The molecule has 28 heavy (non-hydrogen) atoms. The van der Waals surface area contributed by atoms with Crippen LogP contribution in [0.15, 0.2) is 53.7 Å². The number of ether oxygens (including phenoxy) is 1. The molecule has 144 valence electrons. The third-order valence-electron chi connectivity index (χ3n) is 4.79. The Morgan fingerprint density at radius 2 is 1.82 bits per heavy atom. The average molecular weight is 395 g/mol. The van der Waals surface area contributed by atoms with Crippen LogP contribution in [0.25, 0.3) is 11.4 Å². The van der Waals surface area contributed by atoms with E-state index in [1.807, 2.05) is 53.4 Å². The van der Waals surface area contributed by atoms with Gasteiger partial charge in [0.25, 0.3) is 5.91 Å². The molecule has 1 N–H and O–H groups in total. The highest BCUT2D eigenvalue weighted by Gasteiger charge is 2.19. The zero-order chi connectivity index (χ0) is 19.3. The van der Waals surface area contributed by atoms with Crippen molar-refractivity contribution in [3.8, 4) is 17.1 Å². The van der Waals surface area contributed by atoms with Crippen LogP contribution in [0.2, 0.25) is 0 Å². The Morgan fingerprint density at radius 3 is 2.50 bits per heavy atom. The van der Waals surface area contributed by atoms with Crippen LogP contribution in [0.5, 0.6) is 5.75 Å². The number of likely N-dealkylation sites (tertiary alicyclic amines) is 1. The van der Waals surface area contributed by atoms with E-state index in [2.05, 4.69) is 15.2 Å². The van der Waals surface area contributed by atoms with Gasteiger partial charge in [-0.3, -0.25) is 9.89 Å². The molecule has 2 heterocycles. The van der Waals surface area contributed by atoms with Crippen LogP contribution in [-0.2, 0) is 5.75 Å². The fraction of sp³-hybridized carbons (Fsp3) is 0.286. The average Bonchev–Trinajstić information content (AvgIpc) is 3.44. The fourth-order valence-corrected chi connectivity index (χ4v) is 3.94. The molecule has 1 aromatic heterocycles. The maximum atomic E-state index is 12.4. The lowest BCUT2D eigenvalue weighted by atomic mass is 10.1. The Labute approximate surface area is 168 Å². The van der Waals surface area contributed by atoms with Crippen molar-refractivity contribution in [1.29, 1.82) is 0 Å². The standard InChI is InChI=1S/C21H22N4O2S/c1-27-18-10-8-16(9-11-18)19-22-21(24-23-19)28-14-15-4-6-17(7-5-15)20(26)25-12-2-3-13-25/h4-11H,2-3,12-14H2,1H3,(H,22,23,24). The van der Waals surface area contributed by atoms with Gasteiger partial charge in [-0.25, -0.2) is 4.98 Å². The van der Waals surface area contributed by atoms with Crippen molar-refractivity contribution in [1.82, 2.24) is 20.1 Å². The van der Waals surface area contributed by atoms with Crippen molar-refractivity contribution in [3.05, 3.63) is 59.7 Å². The SMILES string of the molecule is COc1ccc(-c2nc(SCc3ccc(C(=O)N4CCCC4)cc3)n[nH]2)cc1. The van der Waals surface area contributed by atoms with E-state index in [9.17, 15) is 4.79 Å². The Morgan fingerprint density at radius 1 is 1.11 bits per heavy atom. The minimum Gasteiger partial charge on any atom is -0.497 e. The summed E-state index contributed by atoms with van der Waals surface area (Å²) in [4.78, 5) is 18.9. The number of H-pyrrole nitrogens is 1. The third-order valence-corrected chi connectivity index (χ3v) is 5.71. The normalized spacial score (nSPS) is 13.7. The zero-order valence-electron chi connectivity index (χ0n) is 15.7. The summed E-state index contributed by atoms with van der Waals surface area (Å²) in [5.41, 5.74) is 2.86. The molecular weight excluding hydrogens is 372 g/mol. The summed E-state index contributed by atoms with van der Waals surface area (Å²) in [5, 5.41) is 7.96. The lowest BCUT2D eigenvalue weighted by Gasteiger charge is -2.15. The molecule has 4 rings (SSSR count). The smallest absolute Gasteiger partial charge is 0.253 e. The van der Waals surface area contributed by atoms with Gasteiger partial charge in [-0.15, -0.1) is 5.10 Å². The first-order chi connectivity index (χ1) is 13.7. The first kappa shape index (κ1) is 18.6. The van der Waals surface area contributed by atoms with E-state index in [1.165, 1.54) is 0 Å². The van der Waals surface area contributed by atoms with E-state index in [4.69, 9.17) is 4.74 Å². The number of nitrogens with one attached hydrogen (secondary N) is 1. The second-order valence-corrected chi connectivity index (χ2v) is 7.62. The predicted octanol–water partition coefficient (Wildman–Crippen LogP) is 4.01. The fourth-order valence-electron chi connectivity index (χ4n) is 3.18. The third kappa shape index (κ3) is 4.20. The first-order valence-electron chi connectivity index (χ1n) is 9.31. The van der Waals surface area contributed by atoms with Gasteiger partial charge in [0.1, 0.15) is 5.75 Å². The molecule has 0 aliphatic carbocycles. The summed E-state index contributed by atoms with van der Waals surface area (Å²) >= 11 is 1.56. The van der Waals surface area contributed by atoms with Gasteiger partial charge in [-0.2, -0.15) is 0 Å². The molecule has 1 aliphatic heterocycles. The molecule has 7 heteroatoms. The van der Waals surface area contributed by atoms with Crippen molar-refractivity contribution in [2.24, 2.45) is 0 Å². The zero-order valence-corrected chi connectivity index (χ0v) is 16.5. The molecule has 2 aromatic carbocycles. The van der Waals surface area contributed by atoms with Crippen LogP contribution in [0.1, 0.15) is 28.8 Å². The number of carbonyl (C=O) groups is 1. The lowest BCUT2D eigenvalue weighted by molar-refractivity contribution is 0.0793. The molecule has 0 radical (unpaired) electrons. The van der Waals surface area contributed by atoms with Gasteiger partial charge in [-0.05, 0) is 54.8 Å². The first-order valence-corrected chi connectivity index (χ1v) is 10.3. The number of rotatable bonds is 6. The van der Waals surface area contributed by atoms with E-state index in [-0.39, 0.29) is 5.91 Å². The van der Waals surface area contributed by atoms with Crippen molar-refractivity contribution in [3.63, 3.8) is 0 Å². The monoisotopic (exact) mass is 394 g/mol. The summed E-state index contributed by atoms with van der Waals surface area (Å²) in [6.07, 6.45) is 2.21. The Bertz CT molecular complexity index is 932. The second-order valence-electron chi connectivity index (χ2n) is 6.68. The van der Waals surface area contributed by atoms with Crippen LogP contribution in [0.4, 0.5) is 0 Å². The van der Waals surface area contributed by atoms with Crippen LogP contribution in [-0.4, -0.2) is 46.2 Å². The van der Waals surface area contributed by atoms with Gasteiger partial charge in [0.15, 0.2) is 5.82 Å².